The minimum Gasteiger partial charge on any atom is -0.508 e. The Morgan fingerprint density at radius 1 is 0.762 bits per heavy atom. The van der Waals surface area contributed by atoms with Crippen LogP contribution in [0, 0.1) is 17.8 Å². The molecule has 17 N–H and O–H groups in total. The summed E-state index contributed by atoms with van der Waals surface area (Å²) in [6.07, 6.45) is -21.5. The summed E-state index contributed by atoms with van der Waals surface area (Å²) in [5.41, 5.74) is 9.01. The number of aliphatic hydroxyl groups is 6. The molecular formula is C69H78Cl2N6O24. The van der Waals surface area contributed by atoms with E-state index in [0.29, 0.717) is 12.8 Å². The van der Waals surface area contributed by atoms with Crippen LogP contribution in [0.3, 0.4) is 0 Å². The Hall–Kier alpha value is -8.76. The molecule has 0 radical (unpaired) electrons. The van der Waals surface area contributed by atoms with Crippen LogP contribution in [0.1, 0.15) is 131 Å². The number of carbonyl (C=O) groups is 8. The fraction of sp³-hybridized carbons (Fsp3) is 0.449. The molecule has 2 fully saturated rings. The molecule has 30 nitrogen and oxygen atoms in total. The van der Waals surface area contributed by atoms with Crippen LogP contribution in [0.25, 0.3) is 11.1 Å². The van der Waals surface area contributed by atoms with Crippen LogP contribution in [0.15, 0.2) is 78.9 Å². The Morgan fingerprint density at radius 2 is 1.41 bits per heavy atom. The number of phenols is 3. The standard InChI is InChI=1S/C69H78Cl2N6O24/c1-6-29(13-27(2)3)63(91)75-54-43(83)17-34(20-50(72)85)64(92)74-53-33-18-47(97-45-11-8-31(56(54)86)15-39(45)70)60(101-68-61(59(89)58(88)49(25-78)99-68)100-51-24-69(5,73)62(90)28(4)96-51)48(19-33)98-46-12-9-32(16-40(46)71)57(87)55-66(94)77-67(95-26-79)38-21-35(80)22-42(82)52(38)37-14-30(7-10-41(37)81)36(23-44(53)84)65(93)76-55/h7-12,14-16,18-19,21-22,26-29,34,36,49,51,53-59,61-62,67-68,78,80-82,86-90H,6,13,17,20,23-25,73H2,1-5H3,(H2,72,85)(H,74,92)(H,75,91)(H,76,93)(H,77,94)/t28?,29-,34+,36+,49-,51+,53-,54+,55+,56-,57-,58?,59?,61-,62-,67-,68?,69?/m1/s1. The summed E-state index contributed by atoms with van der Waals surface area (Å²) >= 11 is 14.2. The minimum atomic E-state index is -2.17. The number of aromatic hydroxyl groups is 3. The van der Waals surface area contributed by atoms with E-state index in [1.54, 1.807) is 6.92 Å². The van der Waals surface area contributed by atoms with Gasteiger partial charge in [0.05, 0.1) is 40.7 Å². The van der Waals surface area contributed by atoms with Crippen LogP contribution in [-0.4, -0.2) is 167 Å². The zero-order chi connectivity index (χ0) is 73.4. The van der Waals surface area contributed by atoms with Crippen molar-refractivity contribution in [1.82, 2.24) is 21.3 Å². The van der Waals surface area contributed by atoms with Gasteiger partial charge >= 0.3 is 0 Å². The highest BCUT2D eigenvalue weighted by atomic mass is 35.5. The maximum Gasteiger partial charge on any atom is 0.295 e. The largest absolute Gasteiger partial charge is 0.508 e. The Balaban J connectivity index is 1.24. The Morgan fingerprint density at radius 3 is 2.00 bits per heavy atom. The van der Waals surface area contributed by atoms with Gasteiger partial charge in [-0.3, -0.25) is 38.4 Å². The molecule has 2 saturated heterocycles. The molecule has 32 heteroatoms. The molecular weight excluding hydrogens is 1370 g/mol. The topological polar surface area (TPSA) is 483 Å². The molecule has 0 aromatic heterocycles. The molecule has 101 heavy (non-hydrogen) atoms. The molecule has 5 unspecified atom stereocenters. The van der Waals surface area contributed by atoms with Crippen LogP contribution in [-0.2, 0) is 57.3 Å². The second kappa shape index (κ2) is 30.8. The molecule has 7 heterocycles. The number of hydrogen-bond acceptors (Lipinski definition) is 25. The molecule has 0 aliphatic carbocycles. The van der Waals surface area contributed by atoms with Crippen molar-refractivity contribution in [2.75, 3.05) is 6.61 Å². The number of halogens is 2. The lowest BCUT2D eigenvalue weighted by atomic mass is 9.85. The molecule has 0 saturated carbocycles. The Bertz CT molecular complexity index is 4030. The lowest BCUT2D eigenvalue weighted by molar-refractivity contribution is -0.333. The smallest absolute Gasteiger partial charge is 0.295 e. The van der Waals surface area contributed by atoms with E-state index >= 15 is 14.4 Å². The van der Waals surface area contributed by atoms with Gasteiger partial charge in [-0.15, -0.1) is 0 Å². The number of nitrogens with two attached hydrogens (primary N) is 2. The van der Waals surface area contributed by atoms with E-state index in [9.17, 15) is 69.9 Å². The number of phenolic OH excluding ortho intramolecular Hbond substituents is 3. The van der Waals surface area contributed by atoms with E-state index in [1.165, 1.54) is 50.2 Å². The molecule has 7 aliphatic rings. The van der Waals surface area contributed by atoms with Crippen molar-refractivity contribution in [2.45, 2.75) is 170 Å². The Kier molecular flexibility index (Phi) is 22.9. The molecule has 5 amide bonds. The molecule has 7 aliphatic heterocycles. The van der Waals surface area contributed by atoms with Gasteiger partial charge in [0.1, 0.15) is 77.4 Å². The van der Waals surface area contributed by atoms with E-state index in [2.05, 4.69) is 21.3 Å². The Labute approximate surface area is 587 Å². The number of aliphatic hydroxyl groups excluding tert-OH is 6. The lowest BCUT2D eigenvalue weighted by Crippen LogP contribution is -2.64. The number of rotatable bonds is 14. The summed E-state index contributed by atoms with van der Waals surface area (Å²) in [7, 11) is 0. The number of ketones is 2. The number of benzene rings is 5. The van der Waals surface area contributed by atoms with Crippen LogP contribution >= 0.6 is 23.2 Å². The van der Waals surface area contributed by atoms with Crippen molar-refractivity contribution in [3.05, 3.63) is 117 Å². The second-order valence-electron chi connectivity index (χ2n) is 26.4. The minimum absolute atomic E-state index is 0.00966. The molecule has 5 aromatic carbocycles. The highest BCUT2D eigenvalue weighted by Gasteiger charge is 2.51. The predicted molar refractivity (Wildman–Crippen MR) is 352 cm³/mol. The first kappa shape index (κ1) is 74.9. The maximum atomic E-state index is 16.2. The van der Waals surface area contributed by atoms with E-state index in [-0.39, 0.29) is 73.7 Å². The zero-order valence-electron chi connectivity index (χ0n) is 55.0. The number of ether oxygens (including phenoxy) is 7. The molecule has 12 rings (SSSR count). The molecule has 18 atom stereocenters. The van der Waals surface area contributed by atoms with Crippen molar-refractivity contribution in [3.8, 4) is 57.1 Å². The number of Topliss-reactive ketones (excluding diaryl/α,β-unsaturated/α-hetero) is 2. The van der Waals surface area contributed by atoms with E-state index in [1.807, 2.05) is 13.8 Å². The highest BCUT2D eigenvalue weighted by Crippen LogP contribution is 2.50. The van der Waals surface area contributed by atoms with Crippen molar-refractivity contribution in [1.29, 1.82) is 0 Å². The van der Waals surface area contributed by atoms with Gasteiger partial charge < -0.3 is 112 Å². The van der Waals surface area contributed by atoms with Crippen LogP contribution in [0.4, 0.5) is 0 Å². The van der Waals surface area contributed by atoms with Gasteiger partial charge in [0.2, 0.25) is 47.8 Å². The van der Waals surface area contributed by atoms with Crippen molar-refractivity contribution in [3.63, 3.8) is 0 Å². The molecule has 11 bridgehead atoms. The summed E-state index contributed by atoms with van der Waals surface area (Å²) in [4.78, 5) is 117. The van der Waals surface area contributed by atoms with Gasteiger partial charge in [0, 0.05) is 59.9 Å². The summed E-state index contributed by atoms with van der Waals surface area (Å²) < 4.78 is 43.8. The van der Waals surface area contributed by atoms with E-state index < -0.39 is 216 Å². The number of nitrogens with one attached hydrogen (secondary N) is 4. The summed E-state index contributed by atoms with van der Waals surface area (Å²) in [6, 6.07) is 8.42. The average molecular weight is 1450 g/mol. The summed E-state index contributed by atoms with van der Waals surface area (Å²) in [6.45, 7) is 7.48. The first-order valence-corrected chi connectivity index (χ1v) is 33.1. The predicted octanol–water partition coefficient (Wildman–Crippen LogP) is 3.57. The number of fused-ring (bicyclic) bond motifs is 15. The van der Waals surface area contributed by atoms with Crippen LogP contribution < -0.4 is 46.9 Å². The van der Waals surface area contributed by atoms with Gasteiger partial charge in [-0.2, -0.15) is 0 Å². The van der Waals surface area contributed by atoms with Gasteiger partial charge in [0.15, 0.2) is 35.5 Å². The van der Waals surface area contributed by atoms with E-state index in [0.717, 1.165) is 42.5 Å². The van der Waals surface area contributed by atoms with Gasteiger partial charge in [-0.1, -0.05) is 62.2 Å². The van der Waals surface area contributed by atoms with Crippen molar-refractivity contribution < 1.29 is 117 Å². The van der Waals surface area contributed by atoms with E-state index in [4.69, 9.17) is 67.8 Å². The quantitative estimate of drug-likeness (QED) is 0.0707. The fourth-order valence-electron chi connectivity index (χ4n) is 13.2. The average Bonchev–Trinajstić information content (AvgIpc) is 0.767. The highest BCUT2D eigenvalue weighted by molar-refractivity contribution is 6.32. The fourth-order valence-corrected chi connectivity index (χ4v) is 13.6. The third-order valence-electron chi connectivity index (χ3n) is 18.5. The first-order valence-electron chi connectivity index (χ1n) is 32.4. The van der Waals surface area contributed by atoms with Gasteiger partial charge in [-0.05, 0) is 109 Å². The normalized spacial score (nSPS) is 29.6. The van der Waals surface area contributed by atoms with Crippen LogP contribution in [0.2, 0.25) is 10.0 Å². The van der Waals surface area contributed by atoms with Crippen molar-refractivity contribution >= 4 is 70.8 Å². The van der Waals surface area contributed by atoms with Crippen molar-refractivity contribution in [2.24, 2.45) is 29.2 Å². The first-order chi connectivity index (χ1) is 47.8. The second-order valence-corrected chi connectivity index (χ2v) is 27.2. The van der Waals surface area contributed by atoms with Gasteiger partial charge in [-0.25, -0.2) is 0 Å². The number of carbonyl (C=O) groups excluding carboxylic acids is 8. The molecule has 5 aromatic rings. The molecule has 542 valence electrons. The number of hydrogen-bond donors (Lipinski definition) is 15. The summed E-state index contributed by atoms with van der Waals surface area (Å²) in [5.74, 6) is -16.6. The third kappa shape index (κ3) is 16.1. The maximum absolute atomic E-state index is 16.2. The summed E-state index contributed by atoms with van der Waals surface area (Å²) in [5, 5.41) is 113. The monoisotopic (exact) mass is 1440 g/mol. The SMILES string of the molecule is CC[C@H](CC(C)C)C(=O)N[C@H]1C(=O)C[C@@H](CC(N)=O)C(=O)N[C@H]2C(=O)C[C@@H]3C(=O)N[C@H](C(=O)N[C@H](OC=O)c4cc(O)cc(O)c4-c4cc3ccc4O)[C@H](O)c3ccc(c(Cl)c3)Oc3cc2cc(c3OC2O[C@H](CO)C(O)C(O)[C@H]2O[C@H]2CC(C)(N)[C@H](O)C(C)O2)Oc2ccc(cc2Cl)[C@H]1O. The molecule has 0 spiro atoms. The lowest BCUT2D eigenvalue weighted by Gasteiger charge is -2.47. The number of primary amides is 1. The van der Waals surface area contributed by atoms with Gasteiger partial charge in [0.25, 0.3) is 6.47 Å². The number of amides is 5. The van der Waals surface area contributed by atoms with Crippen LogP contribution in [0.5, 0.6) is 46.0 Å². The zero-order valence-corrected chi connectivity index (χ0v) is 56.5. The third-order valence-corrected chi connectivity index (χ3v) is 19.1.